The maximum absolute atomic E-state index is 11.0. The molecule has 1 saturated heterocycles. The van der Waals surface area contributed by atoms with Gasteiger partial charge >= 0.3 is 0 Å². The summed E-state index contributed by atoms with van der Waals surface area (Å²) in [4.78, 5) is 12.9. The lowest BCUT2D eigenvalue weighted by Gasteiger charge is -2.16. The molecule has 0 aliphatic carbocycles. The van der Waals surface area contributed by atoms with Gasteiger partial charge in [-0.3, -0.25) is 4.79 Å². The molecule has 0 N–H and O–H groups in total. The number of carbonyl (C=O) groups excluding carboxylic acids is 1. The minimum atomic E-state index is 0.202. The van der Waals surface area contributed by atoms with Crippen molar-refractivity contribution in [2.24, 2.45) is 0 Å². The van der Waals surface area contributed by atoms with Crippen molar-refractivity contribution in [2.75, 3.05) is 13.1 Å². The molecule has 0 aromatic heterocycles. The molecule has 11 heavy (non-hydrogen) atoms. The molecule has 1 amide bonds. The molecule has 1 atom stereocenters. The summed E-state index contributed by atoms with van der Waals surface area (Å²) in [5, 5.41) is 0. The van der Waals surface area contributed by atoms with Gasteiger partial charge in [-0.1, -0.05) is 22.6 Å². The fraction of sp³-hybridized carbons (Fsp3) is 0.857. The lowest BCUT2D eigenvalue weighted by molar-refractivity contribution is 0.228. The molecule has 1 aliphatic heterocycles. The predicted molar refractivity (Wildman–Crippen MR) is 62.6 cm³/mol. The van der Waals surface area contributed by atoms with E-state index in [1.165, 1.54) is 12.8 Å². The molecule has 64 valence electrons. The zero-order chi connectivity index (χ0) is 8.27. The van der Waals surface area contributed by atoms with E-state index in [9.17, 15) is 4.79 Å². The summed E-state index contributed by atoms with van der Waals surface area (Å²) in [5.41, 5.74) is 0. The second kappa shape index (κ2) is 4.84. The summed E-state index contributed by atoms with van der Waals surface area (Å²) < 4.78 is 0.974. The Morgan fingerprint density at radius 2 is 2.09 bits per heavy atom. The first kappa shape index (κ1) is 10.0. The van der Waals surface area contributed by atoms with Crippen LogP contribution in [0, 0.1) is 0 Å². The van der Waals surface area contributed by atoms with E-state index in [-0.39, 0.29) is 3.91 Å². The van der Waals surface area contributed by atoms with Crippen molar-refractivity contribution in [3.8, 4) is 0 Å². The Kier molecular flexibility index (Phi) is 4.40. The second-order valence-electron chi connectivity index (χ2n) is 2.77. The largest absolute Gasteiger partial charge is 0.334 e. The monoisotopic (exact) mass is 379 g/mol. The lowest BCUT2D eigenvalue weighted by atomic mass is 10.2. The van der Waals surface area contributed by atoms with Gasteiger partial charge in [-0.2, -0.15) is 0 Å². The molecule has 1 unspecified atom stereocenters. The molecule has 1 fully saturated rings. The Labute approximate surface area is 94.4 Å². The van der Waals surface area contributed by atoms with E-state index in [4.69, 9.17) is 0 Å². The summed E-state index contributed by atoms with van der Waals surface area (Å²) >= 11 is 4.35. The molecule has 0 saturated carbocycles. The van der Waals surface area contributed by atoms with E-state index in [0.29, 0.717) is 0 Å². The van der Waals surface area contributed by atoms with Gasteiger partial charge in [-0.25, -0.2) is 0 Å². The smallest absolute Gasteiger partial charge is 0.283 e. The number of amides is 1. The van der Waals surface area contributed by atoms with Gasteiger partial charge in [0.25, 0.3) is 3.91 Å². The first-order valence-corrected chi connectivity index (χ1v) is 6.11. The quantitative estimate of drug-likeness (QED) is 0.275. The molecule has 4 heteroatoms. The van der Waals surface area contributed by atoms with Gasteiger partial charge in [0, 0.05) is 39.6 Å². The van der Waals surface area contributed by atoms with E-state index in [0.717, 1.165) is 23.4 Å². The molecule has 0 radical (unpaired) electrons. The zero-order valence-electron chi connectivity index (χ0n) is 6.22. The Morgan fingerprint density at radius 1 is 1.36 bits per heavy atom. The molecule has 0 aromatic carbocycles. The molecule has 0 spiro atoms. The third-order valence-electron chi connectivity index (χ3n) is 1.91. The number of hydrogen-bond donors (Lipinski definition) is 0. The first-order chi connectivity index (χ1) is 5.20. The number of hydrogen-bond acceptors (Lipinski definition) is 1. The van der Waals surface area contributed by atoms with Gasteiger partial charge in [0.05, 0.1) is 0 Å². The van der Waals surface area contributed by atoms with Gasteiger partial charge in [-0.15, -0.1) is 0 Å². The minimum absolute atomic E-state index is 0.202. The maximum atomic E-state index is 11.0. The molecular weight excluding hydrogens is 368 g/mol. The number of nitrogens with zero attached hydrogens (tertiary/aromatic N) is 1. The van der Waals surface area contributed by atoms with Crippen LogP contribution in [0.1, 0.15) is 19.3 Å². The Morgan fingerprint density at radius 3 is 2.73 bits per heavy atom. The highest BCUT2D eigenvalue weighted by Gasteiger charge is 2.16. The minimum Gasteiger partial charge on any atom is -0.334 e. The SMILES string of the molecule is O=C(I)N1CCCC(I)CC1. The number of carbonyl (C=O) groups is 1. The number of alkyl halides is 1. The van der Waals surface area contributed by atoms with Gasteiger partial charge in [-0.05, 0) is 19.3 Å². The third kappa shape index (κ3) is 3.43. The Bertz CT molecular complexity index is 151. The van der Waals surface area contributed by atoms with Gasteiger partial charge in [0.15, 0.2) is 0 Å². The average Bonchev–Trinajstić information content (AvgIpc) is 2.13. The summed E-state index contributed by atoms with van der Waals surface area (Å²) in [6.07, 6.45) is 3.60. The molecule has 2 nitrogen and oxygen atoms in total. The number of rotatable bonds is 0. The highest BCUT2D eigenvalue weighted by Crippen LogP contribution is 2.19. The fourth-order valence-corrected chi connectivity index (χ4v) is 2.43. The zero-order valence-corrected chi connectivity index (χ0v) is 10.5. The van der Waals surface area contributed by atoms with Crippen molar-refractivity contribution in [1.29, 1.82) is 0 Å². The van der Waals surface area contributed by atoms with E-state index in [2.05, 4.69) is 22.6 Å². The Balaban J connectivity index is 2.40. The summed E-state index contributed by atoms with van der Waals surface area (Å²) in [6.45, 7) is 1.91. The van der Waals surface area contributed by atoms with Gasteiger partial charge in [0.1, 0.15) is 0 Å². The topological polar surface area (TPSA) is 20.3 Å². The highest BCUT2D eigenvalue weighted by atomic mass is 127. The van der Waals surface area contributed by atoms with Crippen LogP contribution in [0.2, 0.25) is 0 Å². The van der Waals surface area contributed by atoms with E-state index >= 15 is 0 Å². The van der Waals surface area contributed by atoms with Gasteiger partial charge in [0.2, 0.25) is 0 Å². The summed E-state index contributed by atoms with van der Waals surface area (Å²) in [7, 11) is 0. The summed E-state index contributed by atoms with van der Waals surface area (Å²) in [6, 6.07) is 0. The number of likely N-dealkylation sites (tertiary alicyclic amines) is 1. The van der Waals surface area contributed by atoms with Crippen LogP contribution in [0.3, 0.4) is 0 Å². The molecule has 1 heterocycles. The molecule has 0 bridgehead atoms. The molecule has 1 aliphatic rings. The predicted octanol–water partition coefficient (Wildman–Crippen LogP) is 2.83. The van der Waals surface area contributed by atoms with Crippen molar-refractivity contribution < 1.29 is 4.79 Å². The van der Waals surface area contributed by atoms with Crippen molar-refractivity contribution in [3.63, 3.8) is 0 Å². The van der Waals surface area contributed by atoms with Crippen molar-refractivity contribution in [2.45, 2.75) is 23.2 Å². The highest BCUT2D eigenvalue weighted by molar-refractivity contribution is 14.1. The first-order valence-electron chi connectivity index (χ1n) is 3.78. The molecule has 1 rings (SSSR count). The average molecular weight is 379 g/mol. The van der Waals surface area contributed by atoms with Crippen LogP contribution in [0.15, 0.2) is 0 Å². The van der Waals surface area contributed by atoms with E-state index in [1.54, 1.807) is 0 Å². The standard InChI is InChI=1S/C7H11I2NO/c8-6-2-1-4-10(5-3-6)7(9)11/h6H,1-5H2. The van der Waals surface area contributed by atoms with Crippen molar-refractivity contribution >= 4 is 49.1 Å². The number of halogens is 2. The third-order valence-corrected chi connectivity index (χ3v) is 3.83. The van der Waals surface area contributed by atoms with Crippen LogP contribution in [0.5, 0.6) is 0 Å². The van der Waals surface area contributed by atoms with Gasteiger partial charge < -0.3 is 4.90 Å². The lowest BCUT2D eigenvalue weighted by Crippen LogP contribution is -2.26. The normalized spacial score (nSPS) is 26.4. The molecular formula is C7H11I2NO. The van der Waals surface area contributed by atoms with Crippen LogP contribution in [0.4, 0.5) is 4.79 Å². The van der Waals surface area contributed by atoms with Crippen LogP contribution in [-0.4, -0.2) is 25.8 Å². The fourth-order valence-electron chi connectivity index (χ4n) is 1.23. The summed E-state index contributed by atoms with van der Waals surface area (Å²) in [5.74, 6) is 0. The van der Waals surface area contributed by atoms with E-state index in [1.807, 2.05) is 27.5 Å². The maximum Gasteiger partial charge on any atom is 0.283 e. The molecule has 0 aromatic rings. The van der Waals surface area contributed by atoms with Crippen LogP contribution in [-0.2, 0) is 0 Å². The van der Waals surface area contributed by atoms with Crippen molar-refractivity contribution in [1.82, 2.24) is 4.90 Å². The van der Waals surface area contributed by atoms with Crippen LogP contribution in [0.25, 0.3) is 0 Å². The second-order valence-corrected chi connectivity index (χ2v) is 5.45. The van der Waals surface area contributed by atoms with Crippen LogP contribution < -0.4 is 0 Å². The Hall–Kier alpha value is 0.930. The van der Waals surface area contributed by atoms with Crippen molar-refractivity contribution in [3.05, 3.63) is 0 Å². The van der Waals surface area contributed by atoms with Crippen LogP contribution >= 0.6 is 45.2 Å². The van der Waals surface area contributed by atoms with E-state index < -0.39 is 0 Å².